The van der Waals surface area contributed by atoms with Crippen LogP contribution in [0.1, 0.15) is 41.4 Å². The van der Waals surface area contributed by atoms with Crippen LogP contribution in [0.4, 0.5) is 0 Å². The molecule has 19 heavy (non-hydrogen) atoms. The van der Waals surface area contributed by atoms with E-state index in [1.165, 1.54) is 12.7 Å². The van der Waals surface area contributed by atoms with Crippen molar-refractivity contribution in [1.82, 2.24) is 14.8 Å². The maximum atomic E-state index is 11.3. The quantitative estimate of drug-likeness (QED) is 0.790. The Kier molecular flexibility index (Phi) is 3.94. The van der Waals surface area contributed by atoms with Crippen molar-refractivity contribution in [2.24, 2.45) is 0 Å². The van der Waals surface area contributed by atoms with Gasteiger partial charge in [0.25, 0.3) is 0 Å². The summed E-state index contributed by atoms with van der Waals surface area (Å²) in [7, 11) is 1.34. The molecule has 0 saturated carbocycles. The van der Waals surface area contributed by atoms with Gasteiger partial charge in [0.15, 0.2) is 0 Å². The molecule has 0 amide bonds. The number of rotatable bonds is 4. The molecule has 0 aliphatic heterocycles. The van der Waals surface area contributed by atoms with E-state index < -0.39 is 5.97 Å². The van der Waals surface area contributed by atoms with Gasteiger partial charge in [-0.3, -0.25) is 4.68 Å². The molecular formula is C14H17N3O2. The fourth-order valence-corrected chi connectivity index (χ4v) is 1.69. The van der Waals surface area contributed by atoms with Gasteiger partial charge in [0, 0.05) is 12.4 Å². The van der Waals surface area contributed by atoms with Crippen LogP contribution in [0.5, 0.6) is 0 Å². The molecule has 0 aliphatic rings. The third-order valence-corrected chi connectivity index (χ3v) is 2.88. The average Bonchev–Trinajstić information content (AvgIpc) is 2.87. The molecule has 100 valence electrons. The van der Waals surface area contributed by atoms with E-state index in [1.807, 2.05) is 23.1 Å². The number of hydrogen-bond acceptors (Lipinski definition) is 4. The monoisotopic (exact) mass is 259 g/mol. The second kappa shape index (κ2) is 5.65. The fourth-order valence-electron chi connectivity index (χ4n) is 1.69. The SMILES string of the molecule is COC(=O)c1ccc(Cn2cc(C(C)C)cn2)cn1. The van der Waals surface area contributed by atoms with Gasteiger partial charge in [0.05, 0.1) is 19.9 Å². The Morgan fingerprint density at radius 2 is 2.16 bits per heavy atom. The molecule has 0 radical (unpaired) electrons. The van der Waals surface area contributed by atoms with Crippen LogP contribution in [-0.4, -0.2) is 27.8 Å². The number of nitrogens with zero attached hydrogens (tertiary/aromatic N) is 3. The summed E-state index contributed by atoms with van der Waals surface area (Å²) in [5, 5.41) is 4.30. The lowest BCUT2D eigenvalue weighted by Gasteiger charge is -2.03. The Labute approximate surface area is 112 Å². The third-order valence-electron chi connectivity index (χ3n) is 2.88. The van der Waals surface area contributed by atoms with Gasteiger partial charge in [-0.25, -0.2) is 9.78 Å². The van der Waals surface area contributed by atoms with Crippen molar-refractivity contribution < 1.29 is 9.53 Å². The van der Waals surface area contributed by atoms with Crippen molar-refractivity contribution in [3.63, 3.8) is 0 Å². The van der Waals surface area contributed by atoms with Gasteiger partial charge >= 0.3 is 5.97 Å². The normalized spacial score (nSPS) is 10.7. The first-order valence-corrected chi connectivity index (χ1v) is 6.15. The predicted octanol–water partition coefficient (Wildman–Crippen LogP) is 2.24. The van der Waals surface area contributed by atoms with Crippen molar-refractivity contribution in [1.29, 1.82) is 0 Å². The molecule has 0 unspecified atom stereocenters. The highest BCUT2D eigenvalue weighted by Crippen LogP contribution is 2.13. The topological polar surface area (TPSA) is 57.0 Å². The van der Waals surface area contributed by atoms with Crippen LogP contribution in [0, 0.1) is 0 Å². The lowest BCUT2D eigenvalue weighted by Crippen LogP contribution is -2.06. The minimum absolute atomic E-state index is 0.314. The van der Waals surface area contributed by atoms with Crippen molar-refractivity contribution in [3.05, 3.63) is 47.5 Å². The van der Waals surface area contributed by atoms with E-state index in [0.717, 1.165) is 5.56 Å². The largest absolute Gasteiger partial charge is 0.464 e. The Morgan fingerprint density at radius 3 is 2.68 bits per heavy atom. The molecule has 2 rings (SSSR count). The number of carbonyl (C=O) groups is 1. The lowest BCUT2D eigenvalue weighted by molar-refractivity contribution is 0.0594. The summed E-state index contributed by atoms with van der Waals surface area (Å²) in [6.07, 6.45) is 5.57. The van der Waals surface area contributed by atoms with Crippen molar-refractivity contribution >= 4 is 5.97 Å². The zero-order chi connectivity index (χ0) is 13.8. The zero-order valence-electron chi connectivity index (χ0n) is 11.3. The Balaban J connectivity index is 2.08. The summed E-state index contributed by atoms with van der Waals surface area (Å²) in [5.41, 5.74) is 2.51. The molecule has 0 N–H and O–H groups in total. The maximum absolute atomic E-state index is 11.3. The number of methoxy groups -OCH3 is 1. The first kappa shape index (κ1) is 13.3. The van der Waals surface area contributed by atoms with Crippen LogP contribution in [0.25, 0.3) is 0 Å². The molecule has 2 heterocycles. The first-order valence-electron chi connectivity index (χ1n) is 6.15. The zero-order valence-corrected chi connectivity index (χ0v) is 11.3. The Morgan fingerprint density at radius 1 is 1.37 bits per heavy atom. The fraction of sp³-hybridized carbons (Fsp3) is 0.357. The van der Waals surface area contributed by atoms with E-state index in [-0.39, 0.29) is 0 Å². The average molecular weight is 259 g/mol. The minimum Gasteiger partial charge on any atom is -0.464 e. The van der Waals surface area contributed by atoms with Crippen molar-refractivity contribution in [2.75, 3.05) is 7.11 Å². The molecule has 0 saturated heterocycles. The van der Waals surface area contributed by atoms with Gasteiger partial charge in [0.1, 0.15) is 5.69 Å². The number of ether oxygens (including phenoxy) is 1. The predicted molar refractivity (Wildman–Crippen MR) is 71.0 cm³/mol. The van der Waals surface area contributed by atoms with E-state index in [1.54, 1.807) is 12.3 Å². The van der Waals surface area contributed by atoms with E-state index in [9.17, 15) is 4.79 Å². The highest BCUT2D eigenvalue weighted by Gasteiger charge is 2.07. The van der Waals surface area contributed by atoms with Crippen LogP contribution < -0.4 is 0 Å². The van der Waals surface area contributed by atoms with Crippen molar-refractivity contribution in [3.8, 4) is 0 Å². The number of aromatic nitrogens is 3. The molecule has 0 spiro atoms. The van der Waals surface area contributed by atoms with E-state index in [2.05, 4.69) is 28.7 Å². The summed E-state index contributed by atoms with van der Waals surface area (Å²) >= 11 is 0. The molecule has 0 aliphatic carbocycles. The standard InChI is InChI=1S/C14H17N3O2/c1-10(2)12-7-16-17(9-12)8-11-4-5-13(15-6-11)14(18)19-3/h4-7,9-10H,8H2,1-3H3. The summed E-state index contributed by atoms with van der Waals surface area (Å²) in [5.74, 6) is 0.0429. The van der Waals surface area contributed by atoms with Gasteiger partial charge in [0.2, 0.25) is 0 Å². The van der Waals surface area contributed by atoms with Crippen LogP contribution in [0.15, 0.2) is 30.7 Å². The maximum Gasteiger partial charge on any atom is 0.356 e. The Bertz CT molecular complexity index is 558. The summed E-state index contributed by atoms with van der Waals surface area (Å²) in [6.45, 7) is 4.91. The molecule has 0 bridgehead atoms. The molecule has 0 fully saturated rings. The summed E-state index contributed by atoms with van der Waals surface area (Å²) in [6, 6.07) is 3.52. The van der Waals surface area contributed by atoms with Crippen LogP contribution in [0.2, 0.25) is 0 Å². The van der Waals surface area contributed by atoms with Crippen LogP contribution in [-0.2, 0) is 11.3 Å². The molecule has 5 nitrogen and oxygen atoms in total. The third kappa shape index (κ3) is 3.19. The highest BCUT2D eigenvalue weighted by atomic mass is 16.5. The van der Waals surface area contributed by atoms with Gasteiger partial charge in [-0.15, -0.1) is 0 Å². The summed E-state index contributed by atoms with van der Waals surface area (Å²) < 4.78 is 6.47. The number of pyridine rings is 1. The number of carbonyl (C=O) groups excluding carboxylic acids is 1. The molecule has 5 heteroatoms. The number of hydrogen-bond donors (Lipinski definition) is 0. The van der Waals surface area contributed by atoms with Gasteiger partial charge in [-0.05, 0) is 23.1 Å². The highest BCUT2D eigenvalue weighted by molar-refractivity contribution is 5.86. The molecule has 2 aromatic heterocycles. The molecule has 2 aromatic rings. The molecular weight excluding hydrogens is 242 g/mol. The van der Waals surface area contributed by atoms with E-state index >= 15 is 0 Å². The van der Waals surface area contributed by atoms with Gasteiger partial charge < -0.3 is 4.74 Å². The van der Waals surface area contributed by atoms with Gasteiger partial charge in [-0.2, -0.15) is 5.10 Å². The second-order valence-corrected chi connectivity index (χ2v) is 4.67. The van der Waals surface area contributed by atoms with E-state index in [0.29, 0.717) is 18.2 Å². The number of esters is 1. The van der Waals surface area contributed by atoms with Crippen LogP contribution in [0.3, 0.4) is 0 Å². The minimum atomic E-state index is -0.423. The smallest absolute Gasteiger partial charge is 0.356 e. The van der Waals surface area contributed by atoms with E-state index in [4.69, 9.17) is 0 Å². The van der Waals surface area contributed by atoms with Crippen LogP contribution >= 0.6 is 0 Å². The van der Waals surface area contributed by atoms with Gasteiger partial charge in [-0.1, -0.05) is 19.9 Å². The molecule has 0 aromatic carbocycles. The first-order chi connectivity index (χ1) is 9.10. The Hall–Kier alpha value is -2.17. The summed E-state index contributed by atoms with van der Waals surface area (Å²) in [4.78, 5) is 15.3. The van der Waals surface area contributed by atoms with Crippen molar-refractivity contribution in [2.45, 2.75) is 26.3 Å². The second-order valence-electron chi connectivity index (χ2n) is 4.67. The lowest BCUT2D eigenvalue weighted by atomic mass is 10.1. The molecule has 0 atom stereocenters.